The van der Waals surface area contributed by atoms with Gasteiger partial charge in [-0.15, -0.1) is 0 Å². The molecule has 1 unspecified atom stereocenters. The fourth-order valence-electron chi connectivity index (χ4n) is 2.97. The van der Waals surface area contributed by atoms with Crippen LogP contribution in [-0.2, 0) is 13.0 Å². The van der Waals surface area contributed by atoms with Gasteiger partial charge in [-0.05, 0) is 43.1 Å². The average molecular weight is 246 g/mol. The number of benzene rings is 1. The summed E-state index contributed by atoms with van der Waals surface area (Å²) in [5.74, 6) is 1.12. The van der Waals surface area contributed by atoms with Crippen molar-refractivity contribution in [3.05, 3.63) is 29.3 Å². The quantitative estimate of drug-likeness (QED) is 0.880. The molecule has 1 atom stereocenters. The molecule has 18 heavy (non-hydrogen) atoms. The van der Waals surface area contributed by atoms with E-state index >= 15 is 0 Å². The molecule has 0 aliphatic carbocycles. The number of ether oxygens (including phenoxy) is 1. The minimum Gasteiger partial charge on any atom is -0.489 e. The molecule has 1 saturated heterocycles. The molecule has 0 spiro atoms. The molecule has 0 saturated carbocycles. The lowest BCUT2D eigenvalue weighted by molar-refractivity contribution is 0.200. The predicted molar refractivity (Wildman–Crippen MR) is 73.0 cm³/mol. The summed E-state index contributed by atoms with van der Waals surface area (Å²) in [5.41, 5.74) is 2.83. The third-order valence-electron chi connectivity index (χ3n) is 4.07. The normalized spacial score (nSPS) is 23.9. The summed E-state index contributed by atoms with van der Waals surface area (Å²) < 4.78 is 6.24. The molecule has 1 aromatic rings. The summed E-state index contributed by atoms with van der Waals surface area (Å²) in [7, 11) is 0. The molecular weight excluding hydrogens is 224 g/mol. The van der Waals surface area contributed by atoms with Crippen LogP contribution in [0, 0.1) is 0 Å². The minimum absolute atomic E-state index is 0.381. The van der Waals surface area contributed by atoms with Crippen molar-refractivity contribution in [2.75, 3.05) is 26.2 Å². The fraction of sp³-hybridized carbons (Fsp3) is 0.600. The lowest BCUT2D eigenvalue weighted by atomic mass is 10.00. The number of hydrogen-bond acceptors (Lipinski definition) is 3. The van der Waals surface area contributed by atoms with Gasteiger partial charge >= 0.3 is 0 Å². The molecule has 3 rings (SSSR count). The second kappa shape index (κ2) is 5.29. The number of nitrogens with zero attached hydrogens (tertiary/aromatic N) is 1. The average Bonchev–Trinajstić information content (AvgIpc) is 2.87. The fourth-order valence-corrected chi connectivity index (χ4v) is 2.97. The maximum absolute atomic E-state index is 6.24. The number of likely N-dealkylation sites (N-methyl/N-ethyl adjacent to an activating group) is 1. The summed E-state index contributed by atoms with van der Waals surface area (Å²) >= 11 is 0. The second-order valence-electron chi connectivity index (χ2n) is 5.24. The van der Waals surface area contributed by atoms with Crippen LogP contribution in [0.5, 0.6) is 5.75 Å². The molecule has 0 radical (unpaired) electrons. The van der Waals surface area contributed by atoms with E-state index < -0.39 is 0 Å². The summed E-state index contributed by atoms with van der Waals surface area (Å²) in [6.07, 6.45) is 2.64. The van der Waals surface area contributed by atoms with E-state index in [0.29, 0.717) is 6.10 Å². The Morgan fingerprint density at radius 2 is 2.39 bits per heavy atom. The highest BCUT2D eigenvalue weighted by molar-refractivity contribution is 5.41. The Kier molecular flexibility index (Phi) is 3.52. The zero-order chi connectivity index (χ0) is 12.4. The van der Waals surface area contributed by atoms with Crippen LogP contribution in [0.15, 0.2) is 18.2 Å². The van der Waals surface area contributed by atoms with E-state index in [1.165, 1.54) is 17.7 Å². The summed E-state index contributed by atoms with van der Waals surface area (Å²) in [6, 6.07) is 6.47. The van der Waals surface area contributed by atoms with Gasteiger partial charge in [-0.25, -0.2) is 0 Å². The molecule has 0 amide bonds. The van der Waals surface area contributed by atoms with Crippen molar-refractivity contribution in [3.63, 3.8) is 0 Å². The standard InChI is InChI=1S/C15H22N2O/c1-2-17-9-7-13(11-17)18-15-5-3-4-12-10-16-8-6-14(12)15/h3-5,13,16H,2,6-11H2,1H3. The van der Waals surface area contributed by atoms with Crippen molar-refractivity contribution >= 4 is 0 Å². The van der Waals surface area contributed by atoms with Gasteiger partial charge in [0, 0.05) is 19.6 Å². The Hall–Kier alpha value is -1.06. The molecule has 1 aromatic carbocycles. The van der Waals surface area contributed by atoms with E-state index in [1.54, 1.807) is 0 Å². The molecule has 2 aliphatic heterocycles. The summed E-state index contributed by atoms with van der Waals surface area (Å²) in [4.78, 5) is 2.46. The van der Waals surface area contributed by atoms with Gasteiger partial charge in [-0.3, -0.25) is 4.90 Å². The largest absolute Gasteiger partial charge is 0.489 e. The molecule has 0 aromatic heterocycles. The predicted octanol–water partition coefficient (Wildman–Crippen LogP) is 1.81. The van der Waals surface area contributed by atoms with E-state index in [-0.39, 0.29) is 0 Å². The van der Waals surface area contributed by atoms with Crippen molar-refractivity contribution in [2.24, 2.45) is 0 Å². The smallest absolute Gasteiger partial charge is 0.123 e. The van der Waals surface area contributed by atoms with Crippen molar-refractivity contribution in [1.82, 2.24) is 10.2 Å². The highest BCUT2D eigenvalue weighted by Gasteiger charge is 2.24. The van der Waals surface area contributed by atoms with Crippen molar-refractivity contribution in [2.45, 2.75) is 32.4 Å². The van der Waals surface area contributed by atoms with Crippen LogP contribution < -0.4 is 10.1 Å². The van der Waals surface area contributed by atoms with Gasteiger partial charge < -0.3 is 10.1 Å². The maximum atomic E-state index is 6.24. The first-order valence-corrected chi connectivity index (χ1v) is 7.07. The number of nitrogens with one attached hydrogen (secondary N) is 1. The van der Waals surface area contributed by atoms with Gasteiger partial charge in [-0.2, -0.15) is 0 Å². The first kappa shape index (κ1) is 12.0. The van der Waals surface area contributed by atoms with Gasteiger partial charge in [0.15, 0.2) is 0 Å². The highest BCUT2D eigenvalue weighted by Crippen LogP contribution is 2.27. The Morgan fingerprint density at radius 1 is 1.44 bits per heavy atom. The van der Waals surface area contributed by atoms with Crippen molar-refractivity contribution < 1.29 is 4.74 Å². The second-order valence-corrected chi connectivity index (χ2v) is 5.24. The number of fused-ring (bicyclic) bond motifs is 1. The van der Waals surface area contributed by atoms with Crippen LogP contribution in [0.2, 0.25) is 0 Å². The van der Waals surface area contributed by atoms with Gasteiger partial charge in [-0.1, -0.05) is 19.1 Å². The van der Waals surface area contributed by atoms with Gasteiger partial charge in [0.05, 0.1) is 0 Å². The van der Waals surface area contributed by atoms with Gasteiger partial charge in [0.1, 0.15) is 11.9 Å². The number of rotatable bonds is 3. The monoisotopic (exact) mass is 246 g/mol. The minimum atomic E-state index is 0.381. The molecule has 1 fully saturated rings. The van der Waals surface area contributed by atoms with Crippen LogP contribution in [0.25, 0.3) is 0 Å². The van der Waals surface area contributed by atoms with E-state index in [4.69, 9.17) is 4.74 Å². The summed E-state index contributed by atoms with van der Waals surface area (Å²) in [5, 5.41) is 3.41. The third kappa shape index (κ3) is 2.38. The van der Waals surface area contributed by atoms with Gasteiger partial charge in [0.2, 0.25) is 0 Å². The molecule has 3 nitrogen and oxygen atoms in total. The van der Waals surface area contributed by atoms with E-state index in [9.17, 15) is 0 Å². The lowest BCUT2D eigenvalue weighted by Crippen LogP contribution is -2.27. The van der Waals surface area contributed by atoms with Crippen molar-refractivity contribution in [3.8, 4) is 5.75 Å². The Bertz CT molecular complexity index is 419. The lowest BCUT2D eigenvalue weighted by Gasteiger charge is -2.22. The van der Waals surface area contributed by atoms with Crippen LogP contribution in [0.4, 0.5) is 0 Å². The van der Waals surface area contributed by atoms with Crippen LogP contribution in [0.1, 0.15) is 24.5 Å². The molecule has 1 N–H and O–H groups in total. The van der Waals surface area contributed by atoms with E-state index in [2.05, 4.69) is 35.3 Å². The molecule has 2 aliphatic rings. The summed E-state index contributed by atoms with van der Waals surface area (Å²) in [6.45, 7) is 7.67. The van der Waals surface area contributed by atoms with Gasteiger partial charge in [0.25, 0.3) is 0 Å². The third-order valence-corrected chi connectivity index (χ3v) is 4.07. The van der Waals surface area contributed by atoms with Crippen LogP contribution in [-0.4, -0.2) is 37.2 Å². The maximum Gasteiger partial charge on any atom is 0.123 e. The molecule has 98 valence electrons. The number of hydrogen-bond donors (Lipinski definition) is 1. The van der Waals surface area contributed by atoms with E-state index in [1.807, 2.05) is 0 Å². The Labute approximate surface area is 109 Å². The first-order valence-electron chi connectivity index (χ1n) is 7.07. The van der Waals surface area contributed by atoms with Crippen LogP contribution in [0.3, 0.4) is 0 Å². The topological polar surface area (TPSA) is 24.5 Å². The SMILES string of the molecule is CCN1CCC(Oc2cccc3c2CCNC3)C1. The Balaban J connectivity index is 1.73. The molecule has 0 bridgehead atoms. The Morgan fingerprint density at radius 3 is 3.22 bits per heavy atom. The highest BCUT2D eigenvalue weighted by atomic mass is 16.5. The molecule has 3 heteroatoms. The molecule has 2 heterocycles. The van der Waals surface area contributed by atoms with Crippen LogP contribution >= 0.6 is 0 Å². The first-order chi connectivity index (χ1) is 8.86. The number of likely N-dealkylation sites (tertiary alicyclic amines) is 1. The van der Waals surface area contributed by atoms with E-state index in [0.717, 1.165) is 44.8 Å². The zero-order valence-electron chi connectivity index (χ0n) is 11.1. The van der Waals surface area contributed by atoms with Crippen molar-refractivity contribution in [1.29, 1.82) is 0 Å². The molecular formula is C15H22N2O. The zero-order valence-corrected chi connectivity index (χ0v) is 11.1.